The van der Waals surface area contributed by atoms with Crippen molar-refractivity contribution in [2.24, 2.45) is 23.7 Å². The minimum atomic E-state index is -0.808. The average molecular weight is 773 g/mol. The van der Waals surface area contributed by atoms with Gasteiger partial charge in [0.15, 0.2) is 6.10 Å². The maximum Gasteiger partial charge on any atom is 0.308 e. The number of piperidine rings is 3. The second kappa shape index (κ2) is 18.3. The van der Waals surface area contributed by atoms with E-state index in [9.17, 15) is 24.0 Å². The number of nitrogens with one attached hydrogen (secondary N) is 2. The van der Waals surface area contributed by atoms with Crippen LogP contribution in [0.3, 0.4) is 0 Å². The zero-order valence-corrected chi connectivity index (χ0v) is 33.7. The van der Waals surface area contributed by atoms with Crippen molar-refractivity contribution < 1.29 is 33.4 Å². The highest BCUT2D eigenvalue weighted by atomic mass is 32.1. The third kappa shape index (κ3) is 11.1. The highest BCUT2D eigenvalue weighted by Gasteiger charge is 2.41. The van der Waals surface area contributed by atoms with Crippen LogP contribution in [-0.2, 0) is 35.1 Å². The first-order valence-corrected chi connectivity index (χ1v) is 20.7. The number of ether oxygens (including phenoxy) is 2. The van der Waals surface area contributed by atoms with Gasteiger partial charge in [0.25, 0.3) is 5.91 Å². The summed E-state index contributed by atoms with van der Waals surface area (Å²) in [5.41, 5.74) is 1.05. The quantitative estimate of drug-likeness (QED) is 0.204. The van der Waals surface area contributed by atoms with Gasteiger partial charge in [-0.1, -0.05) is 33.6 Å². The first-order valence-electron chi connectivity index (χ1n) is 19.0. The molecule has 6 rings (SSSR count). The van der Waals surface area contributed by atoms with E-state index in [2.05, 4.69) is 25.5 Å². The number of carbonyl (C=O) groups excluding carboxylic acids is 5. The summed E-state index contributed by atoms with van der Waals surface area (Å²) >= 11 is 2.71. The molecule has 3 saturated heterocycles. The number of aryl methyl sites for hydroxylation is 1. The zero-order valence-electron chi connectivity index (χ0n) is 32.1. The van der Waals surface area contributed by atoms with Gasteiger partial charge in [0.1, 0.15) is 16.7 Å². The van der Waals surface area contributed by atoms with Crippen molar-refractivity contribution in [3.8, 4) is 0 Å². The molecule has 53 heavy (non-hydrogen) atoms. The summed E-state index contributed by atoms with van der Waals surface area (Å²) in [4.78, 5) is 79.1. The Morgan fingerprint density at radius 1 is 1.00 bits per heavy atom. The normalized spacial score (nSPS) is 22.3. The lowest BCUT2D eigenvalue weighted by molar-refractivity contribution is -0.149. The van der Waals surface area contributed by atoms with Crippen LogP contribution in [0.15, 0.2) is 10.8 Å². The predicted octanol–water partition coefficient (Wildman–Crippen LogP) is 4.69. The van der Waals surface area contributed by atoms with Gasteiger partial charge >= 0.3 is 11.9 Å². The molecule has 4 aliphatic rings. The Bertz CT molecular complexity index is 1600. The molecule has 1 saturated carbocycles. The Kier molecular flexibility index (Phi) is 14.0. The number of methoxy groups -OCH3 is 1. The number of aromatic nitrogens is 2. The third-order valence-corrected chi connectivity index (χ3v) is 12.8. The van der Waals surface area contributed by atoms with Gasteiger partial charge in [0, 0.05) is 55.4 Å². The van der Waals surface area contributed by atoms with Crippen LogP contribution in [0.25, 0.3) is 0 Å². The van der Waals surface area contributed by atoms with Crippen LogP contribution in [0, 0.1) is 30.6 Å². The first kappa shape index (κ1) is 40.7. The summed E-state index contributed by atoms with van der Waals surface area (Å²) in [6.07, 6.45) is 6.07. The third-order valence-electron chi connectivity index (χ3n) is 10.9. The number of rotatable bonds is 18. The van der Waals surface area contributed by atoms with E-state index in [1.807, 2.05) is 26.2 Å². The summed E-state index contributed by atoms with van der Waals surface area (Å²) in [7, 11) is 3.10. The molecule has 3 amide bonds. The highest BCUT2D eigenvalue weighted by molar-refractivity contribution is 7.10. The summed E-state index contributed by atoms with van der Waals surface area (Å²) in [6, 6.07) is -1.58. The molecule has 2 bridgehead atoms. The molecule has 0 aromatic carbocycles. The largest absolute Gasteiger partial charge is 0.469 e. The fourth-order valence-electron chi connectivity index (χ4n) is 7.74. The number of hydrogen-bond donors (Lipinski definition) is 2. The molecule has 4 fully saturated rings. The number of amides is 3. The zero-order chi connectivity index (χ0) is 38.4. The summed E-state index contributed by atoms with van der Waals surface area (Å²) in [6.45, 7) is 10.9. The number of carbonyl (C=O) groups is 5. The molecule has 3 aliphatic heterocycles. The van der Waals surface area contributed by atoms with E-state index < -0.39 is 36.0 Å². The minimum absolute atomic E-state index is 0.0192. The van der Waals surface area contributed by atoms with Crippen LogP contribution in [0.2, 0.25) is 0 Å². The van der Waals surface area contributed by atoms with E-state index in [-0.39, 0.29) is 47.9 Å². The number of nitrogens with zero attached hydrogens (tertiary/aromatic N) is 4. The van der Waals surface area contributed by atoms with Crippen LogP contribution < -0.4 is 10.6 Å². The Morgan fingerprint density at radius 3 is 2.28 bits per heavy atom. The molecule has 15 heteroatoms. The van der Waals surface area contributed by atoms with Crippen molar-refractivity contribution in [1.29, 1.82) is 0 Å². The van der Waals surface area contributed by atoms with Gasteiger partial charge < -0.3 is 25.0 Å². The maximum atomic E-state index is 14.2. The second-order valence-corrected chi connectivity index (χ2v) is 17.4. The SMILES string of the molecule is COC(=O)[C@@H](C)C[C@H](Cc1nc(C)cs1)NC(=O)c1csc([C@@H](C[C@H](C(C)C)N(C)C(=O)[C@H](CC2CC2)NC(=O)[C@H]2CC3CCN2CC3)OC(C)=O)n1. The highest BCUT2D eigenvalue weighted by Crippen LogP contribution is 2.36. The van der Waals surface area contributed by atoms with Gasteiger partial charge in [0.05, 0.1) is 24.1 Å². The van der Waals surface area contributed by atoms with Gasteiger partial charge in [-0.2, -0.15) is 0 Å². The molecule has 0 spiro atoms. The van der Waals surface area contributed by atoms with Crippen LogP contribution >= 0.6 is 22.7 Å². The fraction of sp³-hybridized carbons (Fsp3) is 0.711. The van der Waals surface area contributed by atoms with Gasteiger partial charge in [-0.25, -0.2) is 9.97 Å². The van der Waals surface area contributed by atoms with Crippen LogP contribution in [0.5, 0.6) is 0 Å². The fourth-order valence-corrected chi connectivity index (χ4v) is 9.44. The van der Waals surface area contributed by atoms with E-state index in [1.165, 1.54) is 36.7 Å². The number of fused-ring (bicyclic) bond motifs is 3. The van der Waals surface area contributed by atoms with Crippen molar-refractivity contribution in [1.82, 2.24) is 30.4 Å². The van der Waals surface area contributed by atoms with Crippen molar-refractivity contribution in [3.63, 3.8) is 0 Å². The molecule has 5 heterocycles. The lowest BCUT2D eigenvalue weighted by Gasteiger charge is -2.45. The molecule has 2 aromatic rings. The second-order valence-electron chi connectivity index (χ2n) is 15.6. The van der Waals surface area contributed by atoms with Crippen LogP contribution in [0.1, 0.15) is 111 Å². The summed E-state index contributed by atoms with van der Waals surface area (Å²) in [5.74, 6) is -0.968. The number of thiazole rings is 2. The Morgan fingerprint density at radius 2 is 1.72 bits per heavy atom. The van der Waals surface area contributed by atoms with Gasteiger partial charge in [0.2, 0.25) is 11.8 Å². The molecule has 0 radical (unpaired) electrons. The Hall–Kier alpha value is -3.43. The van der Waals surface area contributed by atoms with E-state index in [0.717, 1.165) is 55.9 Å². The van der Waals surface area contributed by atoms with Crippen molar-refractivity contribution in [3.05, 3.63) is 32.2 Å². The van der Waals surface area contributed by atoms with Gasteiger partial charge in [-0.05, 0) is 69.9 Å². The summed E-state index contributed by atoms with van der Waals surface area (Å²) < 4.78 is 10.7. The van der Waals surface area contributed by atoms with Crippen molar-refractivity contribution in [2.75, 3.05) is 27.2 Å². The maximum absolute atomic E-state index is 14.2. The Labute approximate surface area is 321 Å². The molecular weight excluding hydrogens is 717 g/mol. The smallest absolute Gasteiger partial charge is 0.308 e. The molecular formula is C38H56N6O7S2. The molecule has 13 nitrogen and oxygen atoms in total. The lowest BCUT2D eigenvalue weighted by Crippen LogP contribution is -2.59. The monoisotopic (exact) mass is 772 g/mol. The standard InChI is InChI=1S/C38H56N6O7S2/c1-21(2)30(43(6)37(48)28(15-25-8-9-25)41-35(47)31-16-26-10-12-44(31)13-11-26)18-32(51-24(5)45)36-42-29(20-53-36)34(46)40-27(14-22(3)38(49)50-7)17-33-39-23(4)19-52-33/h19-22,25-28,30-32H,8-18H2,1-7H3,(H,40,46)(H,41,47)/t22-,27+,28-,30+,31+,32+/m0/s1. The van der Waals surface area contributed by atoms with Crippen molar-refractivity contribution in [2.45, 2.75) is 123 Å². The van der Waals surface area contributed by atoms with E-state index in [4.69, 9.17) is 9.47 Å². The Balaban J connectivity index is 1.28. The first-order chi connectivity index (χ1) is 25.2. The number of likely N-dealkylation sites (N-methyl/N-ethyl adjacent to an activating group) is 1. The molecule has 1 aliphatic carbocycles. The van der Waals surface area contributed by atoms with Crippen LogP contribution in [0.4, 0.5) is 0 Å². The minimum Gasteiger partial charge on any atom is -0.469 e. The lowest BCUT2D eigenvalue weighted by atomic mass is 9.83. The summed E-state index contributed by atoms with van der Waals surface area (Å²) in [5, 5.41) is 11.0. The van der Waals surface area contributed by atoms with Crippen LogP contribution in [-0.4, -0.2) is 101 Å². The van der Waals surface area contributed by atoms with E-state index in [0.29, 0.717) is 36.1 Å². The molecule has 2 aromatic heterocycles. The molecule has 0 unspecified atom stereocenters. The number of esters is 2. The van der Waals surface area contributed by atoms with Gasteiger partial charge in [-0.3, -0.25) is 28.9 Å². The number of hydrogen-bond acceptors (Lipinski definition) is 12. The topological polar surface area (TPSA) is 160 Å². The van der Waals surface area contributed by atoms with Crippen molar-refractivity contribution >= 4 is 52.3 Å². The molecule has 292 valence electrons. The van der Waals surface area contributed by atoms with E-state index >= 15 is 0 Å². The van der Waals surface area contributed by atoms with E-state index in [1.54, 1.807) is 24.3 Å². The predicted molar refractivity (Wildman–Crippen MR) is 202 cm³/mol. The van der Waals surface area contributed by atoms with Gasteiger partial charge in [-0.15, -0.1) is 22.7 Å². The average Bonchev–Trinajstić information content (AvgIpc) is 3.63. The molecule has 6 atom stereocenters. The molecule has 2 N–H and O–H groups in total.